The van der Waals surface area contributed by atoms with E-state index in [2.05, 4.69) is 5.32 Å². The molecule has 7 nitrogen and oxygen atoms in total. The highest BCUT2D eigenvalue weighted by Gasteiger charge is 2.17. The molecule has 2 aromatic rings. The van der Waals surface area contributed by atoms with Gasteiger partial charge in [-0.25, -0.2) is 9.18 Å². The molecule has 0 unspecified atom stereocenters. The molecule has 0 aliphatic rings. The lowest BCUT2D eigenvalue weighted by atomic mass is 10.2. The zero-order chi connectivity index (χ0) is 20.7. The number of nitrogens with one attached hydrogen (secondary N) is 1. The molecule has 0 aromatic heterocycles. The fourth-order valence-electron chi connectivity index (χ4n) is 2.18. The van der Waals surface area contributed by atoms with Crippen LogP contribution in [0.5, 0.6) is 5.75 Å². The first-order valence-corrected chi connectivity index (χ1v) is 8.48. The summed E-state index contributed by atoms with van der Waals surface area (Å²) in [7, 11) is 2.84. The van der Waals surface area contributed by atoms with Crippen LogP contribution in [0.3, 0.4) is 0 Å². The number of benzene rings is 2. The van der Waals surface area contributed by atoms with E-state index >= 15 is 0 Å². The number of hydrogen-bond donors (Lipinski definition) is 1. The molecule has 1 N–H and O–H groups in total. The Bertz CT molecular complexity index is 873. The fraction of sp³-hybridized carbons (Fsp3) is 0.211. The Morgan fingerprint density at radius 3 is 2.46 bits per heavy atom. The van der Waals surface area contributed by atoms with Crippen molar-refractivity contribution in [1.29, 1.82) is 0 Å². The van der Waals surface area contributed by atoms with Crippen LogP contribution in [0.1, 0.15) is 10.4 Å². The molecule has 2 rings (SSSR count). The van der Waals surface area contributed by atoms with Crippen molar-refractivity contribution in [3.63, 3.8) is 0 Å². The van der Waals surface area contributed by atoms with E-state index in [4.69, 9.17) is 21.1 Å². The Balaban J connectivity index is 1.86. The number of esters is 1. The number of nitrogens with zero attached hydrogens (tertiary/aromatic N) is 1. The average molecular weight is 409 g/mol. The van der Waals surface area contributed by atoms with Crippen LogP contribution in [-0.4, -0.2) is 50.0 Å². The number of carbonyl (C=O) groups excluding carboxylic acids is 3. The quantitative estimate of drug-likeness (QED) is 0.712. The number of halogens is 2. The summed E-state index contributed by atoms with van der Waals surface area (Å²) >= 11 is 5.90. The van der Waals surface area contributed by atoms with Gasteiger partial charge in [-0.2, -0.15) is 0 Å². The van der Waals surface area contributed by atoms with E-state index in [-0.39, 0.29) is 12.1 Å². The Kier molecular flexibility index (Phi) is 7.34. The molecule has 0 saturated heterocycles. The highest BCUT2D eigenvalue weighted by molar-refractivity contribution is 6.31. The number of amides is 2. The van der Waals surface area contributed by atoms with Crippen LogP contribution in [0.25, 0.3) is 0 Å². The van der Waals surface area contributed by atoms with Crippen molar-refractivity contribution in [1.82, 2.24) is 4.90 Å². The summed E-state index contributed by atoms with van der Waals surface area (Å²) < 4.78 is 22.9. The lowest BCUT2D eigenvalue weighted by Gasteiger charge is -2.17. The number of carbonyl (C=O) groups is 3. The first-order valence-electron chi connectivity index (χ1n) is 8.10. The van der Waals surface area contributed by atoms with Crippen LogP contribution in [-0.2, 0) is 14.3 Å². The topological polar surface area (TPSA) is 84.9 Å². The molecule has 0 fully saturated rings. The first-order chi connectivity index (χ1) is 13.3. The van der Waals surface area contributed by atoms with Gasteiger partial charge in [0.1, 0.15) is 11.6 Å². The third kappa shape index (κ3) is 5.95. The van der Waals surface area contributed by atoms with Gasteiger partial charge in [0.25, 0.3) is 5.91 Å². The zero-order valence-electron chi connectivity index (χ0n) is 15.2. The van der Waals surface area contributed by atoms with Crippen LogP contribution in [0.2, 0.25) is 5.02 Å². The van der Waals surface area contributed by atoms with Gasteiger partial charge in [0.2, 0.25) is 5.91 Å². The second kappa shape index (κ2) is 9.70. The van der Waals surface area contributed by atoms with E-state index in [1.54, 1.807) is 12.1 Å². The molecule has 0 saturated carbocycles. The third-order valence-corrected chi connectivity index (χ3v) is 3.88. The fourth-order valence-corrected chi connectivity index (χ4v) is 2.35. The van der Waals surface area contributed by atoms with Crippen LogP contribution in [0, 0.1) is 5.82 Å². The van der Waals surface area contributed by atoms with Crippen LogP contribution < -0.4 is 10.1 Å². The molecule has 2 amide bonds. The van der Waals surface area contributed by atoms with Crippen molar-refractivity contribution >= 4 is 35.1 Å². The van der Waals surface area contributed by atoms with Crippen molar-refractivity contribution < 1.29 is 28.2 Å². The molecule has 0 aliphatic heterocycles. The second-order valence-electron chi connectivity index (χ2n) is 5.73. The van der Waals surface area contributed by atoms with Crippen molar-refractivity contribution in [3.05, 3.63) is 58.9 Å². The van der Waals surface area contributed by atoms with Crippen molar-refractivity contribution in [2.24, 2.45) is 0 Å². The molecule has 0 bridgehead atoms. The summed E-state index contributed by atoms with van der Waals surface area (Å²) in [6, 6.07) is 9.45. The summed E-state index contributed by atoms with van der Waals surface area (Å²) in [5.41, 5.74) is 0.478. The van der Waals surface area contributed by atoms with Crippen molar-refractivity contribution in [3.8, 4) is 5.75 Å². The maximum Gasteiger partial charge on any atom is 0.338 e. The number of anilines is 1. The lowest BCUT2D eigenvalue weighted by Crippen LogP contribution is -2.37. The van der Waals surface area contributed by atoms with Gasteiger partial charge in [-0.05, 0) is 42.5 Å². The van der Waals surface area contributed by atoms with E-state index in [1.165, 1.54) is 32.4 Å². The number of rotatable bonds is 7. The van der Waals surface area contributed by atoms with E-state index in [0.717, 1.165) is 17.0 Å². The van der Waals surface area contributed by atoms with Crippen LogP contribution in [0.4, 0.5) is 10.1 Å². The molecule has 0 spiro atoms. The summed E-state index contributed by atoms with van der Waals surface area (Å²) in [5.74, 6) is -1.91. The van der Waals surface area contributed by atoms with E-state index in [1.807, 2.05) is 0 Å². The van der Waals surface area contributed by atoms with Gasteiger partial charge in [0.15, 0.2) is 6.61 Å². The van der Waals surface area contributed by atoms with Gasteiger partial charge >= 0.3 is 5.97 Å². The van der Waals surface area contributed by atoms with Gasteiger partial charge in [-0.3, -0.25) is 9.59 Å². The third-order valence-electron chi connectivity index (χ3n) is 3.65. The molecule has 148 valence electrons. The van der Waals surface area contributed by atoms with Gasteiger partial charge in [-0.15, -0.1) is 0 Å². The minimum atomic E-state index is -0.769. The van der Waals surface area contributed by atoms with Crippen molar-refractivity contribution in [2.45, 2.75) is 0 Å². The SMILES string of the molecule is COc1ccc(Cl)cc1NC(=O)CN(C)C(=O)COC(=O)c1ccc(F)cc1. The highest BCUT2D eigenvalue weighted by atomic mass is 35.5. The van der Waals surface area contributed by atoms with Gasteiger partial charge in [0.05, 0.1) is 24.9 Å². The second-order valence-corrected chi connectivity index (χ2v) is 6.16. The highest BCUT2D eigenvalue weighted by Crippen LogP contribution is 2.27. The van der Waals surface area contributed by atoms with E-state index in [9.17, 15) is 18.8 Å². The predicted octanol–water partition coefficient (Wildman–Crippen LogP) is 2.74. The number of methoxy groups -OCH3 is 1. The minimum Gasteiger partial charge on any atom is -0.495 e. The molecule has 2 aromatic carbocycles. The lowest BCUT2D eigenvalue weighted by molar-refractivity contribution is -0.136. The standard InChI is InChI=1S/C19H18ClFN2O5/c1-23(10-17(24)22-15-9-13(20)5-8-16(15)27-2)18(25)11-28-19(26)12-3-6-14(21)7-4-12/h3-9H,10-11H2,1-2H3,(H,22,24). The molecule has 0 atom stereocenters. The molecular formula is C19H18ClFN2O5. The van der Waals surface area contributed by atoms with Crippen LogP contribution >= 0.6 is 11.6 Å². The average Bonchev–Trinajstić information content (AvgIpc) is 2.66. The maximum absolute atomic E-state index is 12.9. The Morgan fingerprint density at radius 1 is 1.14 bits per heavy atom. The van der Waals surface area contributed by atoms with Gasteiger partial charge in [-0.1, -0.05) is 11.6 Å². The summed E-state index contributed by atoms with van der Waals surface area (Å²) in [6.45, 7) is -0.830. The largest absolute Gasteiger partial charge is 0.495 e. The smallest absolute Gasteiger partial charge is 0.338 e. The van der Waals surface area contributed by atoms with E-state index in [0.29, 0.717) is 16.5 Å². The minimum absolute atomic E-state index is 0.114. The monoisotopic (exact) mass is 408 g/mol. The Labute approximate surface area is 166 Å². The first kappa shape index (κ1) is 21.2. The Morgan fingerprint density at radius 2 is 1.82 bits per heavy atom. The molecule has 0 radical (unpaired) electrons. The zero-order valence-corrected chi connectivity index (χ0v) is 16.0. The van der Waals surface area contributed by atoms with Gasteiger partial charge < -0.3 is 19.7 Å². The summed E-state index contributed by atoms with van der Waals surface area (Å²) in [5, 5.41) is 3.01. The summed E-state index contributed by atoms with van der Waals surface area (Å²) in [4.78, 5) is 37.1. The summed E-state index contributed by atoms with van der Waals surface area (Å²) in [6.07, 6.45) is 0. The number of hydrogen-bond acceptors (Lipinski definition) is 5. The van der Waals surface area contributed by atoms with Crippen molar-refractivity contribution in [2.75, 3.05) is 32.6 Å². The number of ether oxygens (including phenoxy) is 2. The maximum atomic E-state index is 12.9. The molecular weight excluding hydrogens is 391 g/mol. The normalized spacial score (nSPS) is 10.1. The van der Waals surface area contributed by atoms with Gasteiger partial charge in [0, 0.05) is 12.1 Å². The molecule has 9 heteroatoms. The molecule has 0 aliphatic carbocycles. The molecule has 28 heavy (non-hydrogen) atoms. The van der Waals surface area contributed by atoms with Crippen LogP contribution in [0.15, 0.2) is 42.5 Å². The predicted molar refractivity (Wildman–Crippen MR) is 101 cm³/mol. The molecule has 0 heterocycles. The number of likely N-dealkylation sites (N-methyl/N-ethyl adjacent to an activating group) is 1. The Hall–Kier alpha value is -3.13. The van der Waals surface area contributed by atoms with E-state index < -0.39 is 30.2 Å².